The number of carbonyl (C=O) groups excluding carboxylic acids is 1. The van der Waals surface area contributed by atoms with Crippen molar-refractivity contribution >= 4 is 23.2 Å². The maximum atomic E-state index is 14.2. The lowest BCUT2D eigenvalue weighted by atomic mass is 9.82. The molecule has 3 rings (SSSR count). The average molecular weight is 489 g/mol. The number of carbonyl (C=O) groups is 2. The fraction of sp³-hybridized carbons (Fsp3) is 0.577. The van der Waals surface area contributed by atoms with E-state index in [1.165, 1.54) is 16.2 Å². The first-order chi connectivity index (χ1) is 15.8. The first kappa shape index (κ1) is 26.2. The molecule has 7 nitrogen and oxygen atoms in total. The number of hydrogen-bond donors (Lipinski definition) is 2. The van der Waals surface area contributed by atoms with Crippen LogP contribution in [0, 0.1) is 11.8 Å². The number of rotatable bonds is 7. The van der Waals surface area contributed by atoms with Gasteiger partial charge < -0.3 is 19.8 Å². The molecule has 1 aliphatic heterocycles. The summed E-state index contributed by atoms with van der Waals surface area (Å²) in [5.74, 6) is -1.31. The summed E-state index contributed by atoms with van der Waals surface area (Å²) in [7, 11) is 1.57. The van der Waals surface area contributed by atoms with Gasteiger partial charge >= 0.3 is 5.97 Å². The number of aliphatic carboxylic acids is 1. The van der Waals surface area contributed by atoms with E-state index in [1.807, 2.05) is 25.3 Å². The Labute approximate surface area is 205 Å². The predicted octanol–water partition coefficient (Wildman–Crippen LogP) is 4.90. The lowest BCUT2D eigenvalue weighted by Crippen LogP contribution is -2.54. The van der Waals surface area contributed by atoms with Gasteiger partial charge in [0, 0.05) is 23.1 Å². The van der Waals surface area contributed by atoms with Crippen LogP contribution in [0.15, 0.2) is 29.8 Å². The maximum Gasteiger partial charge on any atom is 0.329 e. The summed E-state index contributed by atoms with van der Waals surface area (Å²) in [6.45, 7) is 11.7. The van der Waals surface area contributed by atoms with E-state index in [2.05, 4.69) is 25.8 Å². The number of aromatic nitrogens is 1. The van der Waals surface area contributed by atoms with Gasteiger partial charge in [-0.15, -0.1) is 11.3 Å². The number of carboxylic acid groups (broad SMARTS) is 1. The van der Waals surface area contributed by atoms with Crippen LogP contribution in [0.4, 0.5) is 0 Å². The number of ether oxygens (including phenoxy) is 1. The Morgan fingerprint density at radius 2 is 1.97 bits per heavy atom. The zero-order valence-corrected chi connectivity index (χ0v) is 21.8. The Kier molecular flexibility index (Phi) is 7.43. The number of methoxy groups -OCH3 is 1. The smallest absolute Gasteiger partial charge is 0.329 e. The van der Waals surface area contributed by atoms with Gasteiger partial charge in [0.25, 0.3) is 5.91 Å². The molecule has 2 aromatic rings. The van der Waals surface area contributed by atoms with Crippen LogP contribution in [-0.4, -0.2) is 50.7 Å². The van der Waals surface area contributed by atoms with Crippen molar-refractivity contribution in [3.05, 3.63) is 45.9 Å². The van der Waals surface area contributed by atoms with Gasteiger partial charge in [-0.25, -0.2) is 9.78 Å². The average Bonchev–Trinajstić information content (AvgIpc) is 3.38. The minimum absolute atomic E-state index is 0.0221. The Hall–Kier alpha value is -2.45. The van der Waals surface area contributed by atoms with Crippen LogP contribution in [0.25, 0.3) is 0 Å². The molecular weight excluding hydrogens is 452 g/mol. The van der Waals surface area contributed by atoms with E-state index in [9.17, 15) is 19.8 Å². The highest BCUT2D eigenvalue weighted by molar-refractivity contribution is 7.09. The van der Waals surface area contributed by atoms with E-state index in [0.717, 1.165) is 5.56 Å². The number of hydrogen-bond acceptors (Lipinski definition) is 6. The molecule has 8 heteroatoms. The van der Waals surface area contributed by atoms with Crippen molar-refractivity contribution in [2.45, 2.75) is 77.5 Å². The predicted molar refractivity (Wildman–Crippen MR) is 132 cm³/mol. The summed E-state index contributed by atoms with van der Waals surface area (Å²) in [6, 6.07) is 4.66. The quantitative estimate of drug-likeness (QED) is 0.575. The molecule has 1 amide bonds. The molecule has 1 unspecified atom stereocenters. The number of aliphatic hydroxyl groups excluding tert-OH is 1. The Morgan fingerprint density at radius 1 is 1.29 bits per heavy atom. The molecule has 0 bridgehead atoms. The summed E-state index contributed by atoms with van der Waals surface area (Å²) in [5, 5.41) is 23.6. The van der Waals surface area contributed by atoms with E-state index in [0.29, 0.717) is 16.3 Å². The zero-order valence-electron chi connectivity index (χ0n) is 21.0. The highest BCUT2D eigenvalue weighted by atomic mass is 32.1. The lowest BCUT2D eigenvalue weighted by Gasteiger charge is -2.39. The first-order valence-electron chi connectivity index (χ1n) is 11.7. The normalized spacial score (nSPS) is 23.9. The Balaban J connectivity index is 2.22. The molecule has 1 aromatic carbocycles. The van der Waals surface area contributed by atoms with Gasteiger partial charge in [0.05, 0.1) is 19.3 Å². The van der Waals surface area contributed by atoms with Gasteiger partial charge in [-0.05, 0) is 48.8 Å². The van der Waals surface area contributed by atoms with Crippen LogP contribution in [0.3, 0.4) is 0 Å². The van der Waals surface area contributed by atoms with Crippen molar-refractivity contribution in [1.29, 1.82) is 0 Å². The molecule has 1 aliphatic rings. The van der Waals surface area contributed by atoms with Gasteiger partial charge in [-0.2, -0.15) is 0 Å². The molecule has 186 valence electrons. The second-order valence-corrected chi connectivity index (χ2v) is 11.6. The standard InChI is InChI=1S/C26H36N2O5S/c1-15(2)13-26(24(31)32)14-18(16(3)29)21(22-27-10-11-34-22)28(26)23(30)17-8-9-19(25(4,5)6)20(12-17)33-7/h8-12,15-16,18,21,29H,13-14H2,1-7H3,(H,31,32)/t16?,18-,21-,26+/m1/s1. The number of likely N-dealkylation sites (tertiary alicyclic amines) is 1. The highest BCUT2D eigenvalue weighted by Crippen LogP contribution is 2.52. The molecule has 0 spiro atoms. The minimum atomic E-state index is -1.46. The third kappa shape index (κ3) is 4.70. The Bertz CT molecular complexity index is 1030. The fourth-order valence-electron chi connectivity index (χ4n) is 5.20. The van der Waals surface area contributed by atoms with Crippen LogP contribution in [0.1, 0.15) is 81.4 Å². The third-order valence-electron chi connectivity index (χ3n) is 6.66. The summed E-state index contributed by atoms with van der Waals surface area (Å²) in [4.78, 5) is 33.0. The number of nitrogens with zero attached hydrogens (tertiary/aromatic N) is 2. The number of aliphatic hydroxyl groups is 1. The van der Waals surface area contributed by atoms with Gasteiger partial charge in [0.1, 0.15) is 16.3 Å². The molecular formula is C26H36N2O5S. The van der Waals surface area contributed by atoms with E-state index in [1.54, 1.807) is 32.4 Å². The molecule has 34 heavy (non-hydrogen) atoms. The number of benzene rings is 1. The van der Waals surface area contributed by atoms with Crippen LogP contribution in [-0.2, 0) is 10.2 Å². The van der Waals surface area contributed by atoms with Crippen LogP contribution >= 0.6 is 11.3 Å². The van der Waals surface area contributed by atoms with Crippen molar-refractivity contribution in [2.24, 2.45) is 11.8 Å². The molecule has 0 saturated carbocycles. The van der Waals surface area contributed by atoms with Gasteiger partial charge in [0.15, 0.2) is 0 Å². The maximum absolute atomic E-state index is 14.2. The molecule has 1 fully saturated rings. The summed E-state index contributed by atoms with van der Waals surface area (Å²) in [6.07, 6.45) is 1.27. The van der Waals surface area contributed by atoms with E-state index in [-0.39, 0.29) is 24.2 Å². The lowest BCUT2D eigenvalue weighted by molar-refractivity contribution is -0.150. The van der Waals surface area contributed by atoms with Crippen LogP contribution in [0.2, 0.25) is 0 Å². The highest BCUT2D eigenvalue weighted by Gasteiger charge is 2.60. The summed E-state index contributed by atoms with van der Waals surface area (Å²) < 4.78 is 5.61. The number of amides is 1. The molecule has 2 heterocycles. The topological polar surface area (TPSA) is 100.0 Å². The molecule has 0 radical (unpaired) electrons. The number of carboxylic acids is 1. The van der Waals surface area contributed by atoms with Crippen molar-refractivity contribution in [3.8, 4) is 5.75 Å². The second-order valence-electron chi connectivity index (χ2n) is 10.7. The van der Waals surface area contributed by atoms with Crippen LogP contribution < -0.4 is 4.74 Å². The minimum Gasteiger partial charge on any atom is -0.496 e. The first-order valence-corrected chi connectivity index (χ1v) is 12.5. The fourth-order valence-corrected chi connectivity index (χ4v) is 6.01. The molecule has 2 N–H and O–H groups in total. The summed E-state index contributed by atoms with van der Waals surface area (Å²) in [5.41, 5.74) is -0.340. The van der Waals surface area contributed by atoms with Gasteiger partial charge in [-0.1, -0.05) is 40.7 Å². The van der Waals surface area contributed by atoms with E-state index >= 15 is 0 Å². The molecule has 1 saturated heterocycles. The Morgan fingerprint density at radius 3 is 2.44 bits per heavy atom. The second kappa shape index (κ2) is 9.66. The van der Waals surface area contributed by atoms with Crippen molar-refractivity contribution in [3.63, 3.8) is 0 Å². The molecule has 4 atom stereocenters. The molecule has 0 aliphatic carbocycles. The zero-order chi connectivity index (χ0) is 25.4. The van der Waals surface area contributed by atoms with Crippen molar-refractivity contribution in [1.82, 2.24) is 9.88 Å². The SMILES string of the molecule is COc1cc(C(=O)N2[C@@H](c3nccs3)[C@@H](C(C)O)C[C@@]2(CC(C)C)C(=O)O)ccc1C(C)(C)C. The van der Waals surface area contributed by atoms with E-state index in [4.69, 9.17) is 4.74 Å². The van der Waals surface area contributed by atoms with Crippen molar-refractivity contribution < 1.29 is 24.5 Å². The largest absolute Gasteiger partial charge is 0.496 e. The van der Waals surface area contributed by atoms with Crippen molar-refractivity contribution in [2.75, 3.05) is 7.11 Å². The monoisotopic (exact) mass is 488 g/mol. The summed E-state index contributed by atoms with van der Waals surface area (Å²) >= 11 is 1.37. The third-order valence-corrected chi connectivity index (χ3v) is 7.51. The van der Waals surface area contributed by atoms with Crippen LogP contribution in [0.5, 0.6) is 5.75 Å². The van der Waals surface area contributed by atoms with E-state index < -0.39 is 35.5 Å². The molecule has 1 aromatic heterocycles. The number of thiazole rings is 1. The van der Waals surface area contributed by atoms with Gasteiger partial charge in [0.2, 0.25) is 0 Å². The van der Waals surface area contributed by atoms with Gasteiger partial charge in [-0.3, -0.25) is 4.79 Å².